The van der Waals surface area contributed by atoms with Crippen LogP contribution >= 0.6 is 0 Å². The van der Waals surface area contributed by atoms with Gasteiger partial charge in [0.2, 0.25) is 5.95 Å². The zero-order valence-corrected chi connectivity index (χ0v) is 14.0. The molecule has 1 aromatic heterocycles. The lowest BCUT2D eigenvalue weighted by atomic mass is 9.97. The molecule has 0 unspecified atom stereocenters. The van der Waals surface area contributed by atoms with Gasteiger partial charge in [0.05, 0.1) is 5.56 Å². The van der Waals surface area contributed by atoms with Crippen LogP contribution in [0.4, 0.5) is 16.0 Å². The summed E-state index contributed by atoms with van der Waals surface area (Å²) in [6, 6.07) is 5.59. The quantitative estimate of drug-likeness (QED) is 0.775. The van der Waals surface area contributed by atoms with Crippen LogP contribution in [-0.2, 0) is 0 Å². The molecule has 0 spiro atoms. The van der Waals surface area contributed by atoms with Crippen molar-refractivity contribution in [3.63, 3.8) is 0 Å². The summed E-state index contributed by atoms with van der Waals surface area (Å²) >= 11 is 0. The van der Waals surface area contributed by atoms with Crippen molar-refractivity contribution < 1.29 is 9.18 Å². The van der Waals surface area contributed by atoms with Gasteiger partial charge in [-0.3, -0.25) is 4.79 Å². The minimum Gasteiger partial charge on any atom is -0.354 e. The van der Waals surface area contributed by atoms with Gasteiger partial charge in [-0.05, 0) is 56.4 Å². The van der Waals surface area contributed by atoms with Crippen LogP contribution in [-0.4, -0.2) is 22.4 Å². The van der Waals surface area contributed by atoms with Gasteiger partial charge < -0.3 is 10.6 Å². The summed E-state index contributed by atoms with van der Waals surface area (Å²) in [6.45, 7) is 0.785. The van der Waals surface area contributed by atoms with Crippen LogP contribution in [0.25, 0.3) is 0 Å². The maximum absolute atomic E-state index is 12.9. The lowest BCUT2D eigenvalue weighted by Gasteiger charge is -2.12. The van der Waals surface area contributed by atoms with E-state index in [9.17, 15) is 9.18 Å². The second-order valence-corrected chi connectivity index (χ2v) is 6.04. The summed E-state index contributed by atoms with van der Waals surface area (Å²) in [5.74, 6) is -0.166. The number of anilines is 2. The Labute approximate surface area is 146 Å². The van der Waals surface area contributed by atoms with E-state index in [4.69, 9.17) is 0 Å². The lowest BCUT2D eigenvalue weighted by molar-refractivity contribution is 0.102. The van der Waals surface area contributed by atoms with Gasteiger partial charge in [0.25, 0.3) is 5.91 Å². The predicted molar refractivity (Wildman–Crippen MR) is 96.0 cm³/mol. The molecule has 0 saturated heterocycles. The van der Waals surface area contributed by atoms with Crippen molar-refractivity contribution in [2.75, 3.05) is 17.2 Å². The van der Waals surface area contributed by atoms with Gasteiger partial charge in [-0.25, -0.2) is 14.4 Å². The van der Waals surface area contributed by atoms with Gasteiger partial charge in [-0.15, -0.1) is 0 Å². The van der Waals surface area contributed by atoms with Gasteiger partial charge in [0.15, 0.2) is 0 Å². The number of halogens is 1. The Kier molecular flexibility index (Phi) is 5.72. The molecule has 0 atom stereocenters. The molecule has 2 aromatic rings. The summed E-state index contributed by atoms with van der Waals surface area (Å²) in [7, 11) is 0. The van der Waals surface area contributed by atoms with Crippen molar-refractivity contribution >= 4 is 17.5 Å². The van der Waals surface area contributed by atoms with E-state index in [2.05, 4.69) is 26.7 Å². The van der Waals surface area contributed by atoms with Crippen LogP contribution in [0.1, 0.15) is 42.5 Å². The number of hydrogen-bond acceptors (Lipinski definition) is 4. The summed E-state index contributed by atoms with van der Waals surface area (Å²) in [6.07, 6.45) is 11.2. The number of carbonyl (C=O) groups excluding carboxylic acids is 1. The summed E-state index contributed by atoms with van der Waals surface area (Å²) in [5, 5.41) is 5.86. The first kappa shape index (κ1) is 17.1. The number of carbonyl (C=O) groups is 1. The molecule has 2 N–H and O–H groups in total. The zero-order valence-electron chi connectivity index (χ0n) is 14.0. The fraction of sp³-hybridized carbons (Fsp3) is 0.316. The Morgan fingerprint density at radius 1 is 1.12 bits per heavy atom. The average molecular weight is 340 g/mol. The smallest absolute Gasteiger partial charge is 0.258 e. The van der Waals surface area contributed by atoms with Crippen LogP contribution in [0.5, 0.6) is 0 Å². The molecule has 5 nitrogen and oxygen atoms in total. The van der Waals surface area contributed by atoms with E-state index in [1.165, 1.54) is 67.9 Å². The molecule has 130 valence electrons. The van der Waals surface area contributed by atoms with Crippen molar-refractivity contribution in [3.05, 3.63) is 59.7 Å². The zero-order chi connectivity index (χ0) is 17.5. The molecular formula is C19H21FN4O. The number of rotatable bonds is 6. The van der Waals surface area contributed by atoms with Gasteiger partial charge in [-0.2, -0.15) is 0 Å². The fourth-order valence-corrected chi connectivity index (χ4v) is 2.74. The number of allylic oxidation sites excluding steroid dienone is 1. The van der Waals surface area contributed by atoms with Gasteiger partial charge in [0.1, 0.15) is 5.82 Å². The highest BCUT2D eigenvalue weighted by Crippen LogP contribution is 2.19. The minimum atomic E-state index is -0.347. The van der Waals surface area contributed by atoms with E-state index in [0.29, 0.717) is 17.2 Å². The largest absolute Gasteiger partial charge is 0.354 e. The Hall–Kier alpha value is -2.76. The predicted octanol–water partition coefficient (Wildman–Crippen LogP) is 4.17. The molecule has 25 heavy (non-hydrogen) atoms. The third-order valence-corrected chi connectivity index (χ3v) is 4.13. The molecule has 1 aromatic carbocycles. The number of nitrogens with one attached hydrogen (secondary N) is 2. The van der Waals surface area contributed by atoms with E-state index in [1.54, 1.807) is 0 Å². The van der Waals surface area contributed by atoms with Crippen molar-refractivity contribution in [2.24, 2.45) is 0 Å². The lowest BCUT2D eigenvalue weighted by Crippen LogP contribution is -2.14. The molecule has 3 rings (SSSR count). The van der Waals surface area contributed by atoms with Gasteiger partial charge in [0, 0.05) is 24.6 Å². The molecule has 1 aliphatic carbocycles. The molecule has 0 aliphatic heterocycles. The second kappa shape index (κ2) is 8.37. The van der Waals surface area contributed by atoms with Crippen LogP contribution in [0.15, 0.2) is 48.3 Å². The molecule has 1 amide bonds. The van der Waals surface area contributed by atoms with Crippen molar-refractivity contribution in [1.29, 1.82) is 0 Å². The number of aromatic nitrogens is 2. The normalized spacial score (nSPS) is 13.9. The Bertz CT molecular complexity index is 741. The molecule has 6 heteroatoms. The first-order chi connectivity index (χ1) is 12.2. The highest BCUT2D eigenvalue weighted by molar-refractivity contribution is 6.03. The van der Waals surface area contributed by atoms with Crippen LogP contribution in [0, 0.1) is 5.82 Å². The minimum absolute atomic E-state index is 0.328. The second-order valence-electron chi connectivity index (χ2n) is 6.04. The molecule has 0 bridgehead atoms. The summed E-state index contributed by atoms with van der Waals surface area (Å²) < 4.78 is 12.9. The van der Waals surface area contributed by atoms with Crippen molar-refractivity contribution in [1.82, 2.24) is 9.97 Å². The Balaban J connectivity index is 1.50. The van der Waals surface area contributed by atoms with E-state index >= 15 is 0 Å². The Morgan fingerprint density at radius 3 is 2.56 bits per heavy atom. The summed E-state index contributed by atoms with van der Waals surface area (Å²) in [4.78, 5) is 20.5. The molecule has 1 aliphatic rings. The summed E-state index contributed by atoms with van der Waals surface area (Å²) in [5.41, 5.74) is 2.37. The van der Waals surface area contributed by atoms with Crippen LogP contribution in [0.3, 0.4) is 0 Å². The van der Waals surface area contributed by atoms with E-state index in [0.717, 1.165) is 13.0 Å². The molecule has 1 heterocycles. The highest BCUT2D eigenvalue weighted by Gasteiger charge is 2.08. The van der Waals surface area contributed by atoms with Crippen LogP contribution < -0.4 is 10.6 Å². The SMILES string of the molecule is O=C(Nc1ccc(F)cc1)c1cnc(NCCC2=CCCCC2)nc1. The van der Waals surface area contributed by atoms with E-state index in [-0.39, 0.29) is 11.7 Å². The number of nitrogens with zero attached hydrogens (tertiary/aromatic N) is 2. The topological polar surface area (TPSA) is 66.9 Å². The molecule has 0 saturated carbocycles. The monoisotopic (exact) mass is 340 g/mol. The molecule has 0 radical (unpaired) electrons. The number of benzene rings is 1. The number of amides is 1. The van der Waals surface area contributed by atoms with E-state index < -0.39 is 0 Å². The first-order valence-electron chi connectivity index (χ1n) is 8.51. The third-order valence-electron chi connectivity index (χ3n) is 4.13. The van der Waals surface area contributed by atoms with Crippen LogP contribution in [0.2, 0.25) is 0 Å². The fourth-order valence-electron chi connectivity index (χ4n) is 2.74. The average Bonchev–Trinajstić information content (AvgIpc) is 2.65. The molecular weight excluding hydrogens is 319 g/mol. The van der Waals surface area contributed by atoms with E-state index in [1.807, 2.05) is 0 Å². The number of hydrogen-bond donors (Lipinski definition) is 2. The third kappa shape index (κ3) is 5.11. The highest BCUT2D eigenvalue weighted by atomic mass is 19.1. The molecule has 0 fully saturated rings. The van der Waals surface area contributed by atoms with Gasteiger partial charge >= 0.3 is 0 Å². The van der Waals surface area contributed by atoms with Gasteiger partial charge in [-0.1, -0.05) is 11.6 Å². The maximum Gasteiger partial charge on any atom is 0.258 e. The standard InChI is InChI=1S/C19H21FN4O/c20-16-6-8-17(9-7-16)24-18(25)15-12-22-19(23-13-15)21-11-10-14-4-2-1-3-5-14/h4,6-9,12-13H,1-3,5,10-11H2,(H,24,25)(H,21,22,23). The van der Waals surface area contributed by atoms with Crippen molar-refractivity contribution in [2.45, 2.75) is 32.1 Å². The first-order valence-corrected chi connectivity index (χ1v) is 8.51. The Morgan fingerprint density at radius 2 is 1.88 bits per heavy atom. The van der Waals surface area contributed by atoms with Crippen molar-refractivity contribution in [3.8, 4) is 0 Å². The maximum atomic E-state index is 12.9.